The number of nitrogens with zero attached hydrogens (tertiary/aromatic N) is 5. The van der Waals surface area contributed by atoms with Crippen LogP contribution >= 0.6 is 12.2 Å². The molecule has 0 radical (unpaired) electrons. The minimum atomic E-state index is -4.78. The third-order valence-electron chi connectivity index (χ3n) is 8.31. The molecule has 2 saturated heterocycles. The molecule has 0 aromatic heterocycles. The van der Waals surface area contributed by atoms with Gasteiger partial charge < -0.3 is 19.6 Å². The van der Waals surface area contributed by atoms with Crippen LogP contribution in [-0.4, -0.2) is 75.4 Å². The van der Waals surface area contributed by atoms with Crippen LogP contribution in [0.5, 0.6) is 5.75 Å². The zero-order chi connectivity index (χ0) is 32.7. The Kier molecular flexibility index (Phi) is 9.19. The molecule has 3 atom stereocenters. The molecule has 2 aliphatic rings. The molecule has 236 valence electrons. The molecule has 2 amide bonds. The molecule has 0 saturated carbocycles. The van der Waals surface area contributed by atoms with Gasteiger partial charge >= 0.3 is 12.3 Å². The number of piperazine rings is 1. The summed E-state index contributed by atoms with van der Waals surface area (Å²) < 4.78 is 47.2. The normalized spacial score (nSPS) is 21.4. The van der Waals surface area contributed by atoms with E-state index >= 15 is 0 Å². The molecule has 2 unspecified atom stereocenters. The van der Waals surface area contributed by atoms with Gasteiger partial charge in [0.05, 0.1) is 22.9 Å². The number of halogens is 3. The van der Waals surface area contributed by atoms with Gasteiger partial charge in [-0.3, -0.25) is 14.6 Å². The maximum Gasteiger partial charge on any atom is 0.417 e. The van der Waals surface area contributed by atoms with Crippen molar-refractivity contribution in [3.63, 3.8) is 0 Å². The Morgan fingerprint density at radius 2 is 1.77 bits per heavy atom. The first-order valence-electron chi connectivity index (χ1n) is 14.3. The molecule has 4 rings (SSSR count). The van der Waals surface area contributed by atoms with Gasteiger partial charge in [0.2, 0.25) is 0 Å². The van der Waals surface area contributed by atoms with Crippen LogP contribution in [0.3, 0.4) is 0 Å². The molecule has 2 aromatic rings. The van der Waals surface area contributed by atoms with E-state index in [1.807, 2.05) is 33.8 Å². The second-order valence-corrected chi connectivity index (χ2v) is 12.2. The number of nitriles is 1. The van der Waals surface area contributed by atoms with Gasteiger partial charge in [0.25, 0.3) is 5.91 Å². The fraction of sp³-hybridized carbons (Fsp3) is 0.484. The number of hydrogen-bond donors (Lipinski definition) is 1. The zero-order valence-corrected chi connectivity index (χ0v) is 26.3. The summed E-state index contributed by atoms with van der Waals surface area (Å²) in [4.78, 5) is 31.6. The van der Waals surface area contributed by atoms with Crippen LogP contribution in [-0.2, 0) is 17.4 Å². The van der Waals surface area contributed by atoms with Crippen molar-refractivity contribution >= 4 is 40.7 Å². The molecule has 2 aromatic carbocycles. The number of hydrogen-bond acceptors (Lipinski definition) is 6. The van der Waals surface area contributed by atoms with Crippen molar-refractivity contribution in [2.75, 3.05) is 29.5 Å². The van der Waals surface area contributed by atoms with Gasteiger partial charge in [-0.2, -0.15) is 18.4 Å². The van der Waals surface area contributed by atoms with Crippen LogP contribution in [0.2, 0.25) is 0 Å². The average molecular weight is 632 g/mol. The van der Waals surface area contributed by atoms with Crippen molar-refractivity contribution in [1.29, 1.82) is 5.26 Å². The van der Waals surface area contributed by atoms with Crippen molar-refractivity contribution in [2.45, 2.75) is 77.8 Å². The van der Waals surface area contributed by atoms with E-state index in [1.54, 1.807) is 36.9 Å². The van der Waals surface area contributed by atoms with E-state index in [0.29, 0.717) is 37.6 Å². The summed E-state index contributed by atoms with van der Waals surface area (Å²) in [5.74, 6) is 0.153. The molecule has 0 aliphatic carbocycles. The number of carbonyl (C=O) groups is 2. The number of carbonyl (C=O) groups excluding carboxylic acids is 1. The largest absolute Gasteiger partial charge is 0.492 e. The highest BCUT2D eigenvalue weighted by molar-refractivity contribution is 7.81. The highest BCUT2D eigenvalue weighted by atomic mass is 32.1. The summed E-state index contributed by atoms with van der Waals surface area (Å²) in [5.41, 5.74) is -1.52. The van der Waals surface area contributed by atoms with Gasteiger partial charge in [-0.05, 0) is 95.2 Å². The Balaban J connectivity index is 1.55. The number of carboxylic acid groups (broad SMARTS) is 1. The van der Waals surface area contributed by atoms with Gasteiger partial charge in [-0.25, -0.2) is 4.79 Å². The van der Waals surface area contributed by atoms with Crippen LogP contribution < -0.4 is 14.5 Å². The van der Waals surface area contributed by atoms with Crippen molar-refractivity contribution in [3.05, 3.63) is 53.1 Å². The predicted molar refractivity (Wildman–Crippen MR) is 164 cm³/mol. The fourth-order valence-electron chi connectivity index (χ4n) is 6.00. The van der Waals surface area contributed by atoms with E-state index < -0.39 is 34.8 Å². The first-order chi connectivity index (χ1) is 20.5. The molecule has 13 heteroatoms. The number of benzene rings is 2. The first kappa shape index (κ1) is 33.0. The number of anilines is 2. The number of aryl methyl sites for hydroxylation is 1. The van der Waals surface area contributed by atoms with Gasteiger partial charge in [-0.15, -0.1) is 0 Å². The zero-order valence-electron chi connectivity index (χ0n) is 25.5. The van der Waals surface area contributed by atoms with Gasteiger partial charge in [0.1, 0.15) is 17.9 Å². The van der Waals surface area contributed by atoms with Crippen molar-refractivity contribution in [2.24, 2.45) is 0 Å². The quantitative estimate of drug-likeness (QED) is 0.378. The number of amides is 2. The summed E-state index contributed by atoms with van der Waals surface area (Å²) in [6, 6.07) is 9.80. The third-order valence-corrected chi connectivity index (χ3v) is 8.68. The van der Waals surface area contributed by atoms with E-state index in [4.69, 9.17) is 17.0 Å². The van der Waals surface area contributed by atoms with Gasteiger partial charge in [-0.1, -0.05) is 6.92 Å². The predicted octanol–water partition coefficient (Wildman–Crippen LogP) is 5.90. The Bertz CT molecular complexity index is 1500. The minimum Gasteiger partial charge on any atom is -0.492 e. The molecule has 2 aliphatic heterocycles. The number of alkyl halides is 3. The summed E-state index contributed by atoms with van der Waals surface area (Å²) >= 11 is 5.67. The van der Waals surface area contributed by atoms with Crippen LogP contribution in [0, 0.1) is 11.3 Å². The van der Waals surface area contributed by atoms with E-state index in [-0.39, 0.29) is 28.9 Å². The summed E-state index contributed by atoms with van der Waals surface area (Å²) in [5, 5.41) is 18.7. The highest BCUT2D eigenvalue weighted by Gasteiger charge is 2.51. The monoisotopic (exact) mass is 631 g/mol. The van der Waals surface area contributed by atoms with Crippen molar-refractivity contribution < 1.29 is 32.6 Å². The molecular weight excluding hydrogens is 595 g/mol. The molecule has 2 heterocycles. The van der Waals surface area contributed by atoms with Gasteiger partial charge in [0.15, 0.2) is 5.11 Å². The highest BCUT2D eigenvalue weighted by Crippen LogP contribution is 2.40. The smallest absolute Gasteiger partial charge is 0.417 e. The number of rotatable bonds is 7. The second kappa shape index (κ2) is 12.2. The minimum absolute atomic E-state index is 0.0190. The SMILES string of the molecule is CCc1cc(N2C(=S)N(c3ccc(C#N)c(C(F)(F)F)c3)C(=O)C2(C)C)ccc1OC[C@H](C)N1CC(C)N(C(=O)O)C(C)C1. The maximum atomic E-state index is 13.7. The Labute approximate surface area is 260 Å². The van der Waals surface area contributed by atoms with Crippen LogP contribution in [0.15, 0.2) is 36.4 Å². The lowest BCUT2D eigenvalue weighted by Gasteiger charge is -2.45. The van der Waals surface area contributed by atoms with E-state index in [2.05, 4.69) is 4.90 Å². The number of thiocarbonyl (C=S) groups is 1. The molecule has 0 bridgehead atoms. The lowest BCUT2D eigenvalue weighted by Crippen LogP contribution is -2.60. The van der Waals surface area contributed by atoms with E-state index in [0.717, 1.165) is 22.6 Å². The average Bonchev–Trinajstić information content (AvgIpc) is 3.12. The van der Waals surface area contributed by atoms with E-state index in [1.165, 1.54) is 11.0 Å². The standard InChI is InChI=1S/C31H36F3N5O4S/c1-7-21-12-24(10-11-26(21)43-17-20(4)36-15-18(2)37(29(41)42)19(3)16-36)39-28(44)38(27(40)30(39,5)6)23-9-8-22(14-35)25(13-23)31(32,33)34/h8-13,18-20H,7,15-17H2,1-6H3,(H,41,42)/t18?,19?,20-/m0/s1. The Hall–Kier alpha value is -3.89. The topological polar surface area (TPSA) is 100 Å². The van der Waals surface area contributed by atoms with Crippen LogP contribution in [0.1, 0.15) is 58.2 Å². The molecular formula is C31H36F3N5O4S. The molecule has 44 heavy (non-hydrogen) atoms. The molecule has 1 N–H and O–H groups in total. The van der Waals surface area contributed by atoms with Crippen LogP contribution in [0.25, 0.3) is 0 Å². The third kappa shape index (κ3) is 6.05. The Morgan fingerprint density at radius 1 is 1.16 bits per heavy atom. The molecule has 0 spiro atoms. The first-order valence-corrected chi connectivity index (χ1v) is 14.7. The van der Waals surface area contributed by atoms with Crippen molar-refractivity contribution in [1.82, 2.24) is 9.80 Å². The van der Waals surface area contributed by atoms with Crippen LogP contribution in [0.4, 0.5) is 29.3 Å². The lowest BCUT2D eigenvalue weighted by atomic mass is 10.0. The molecule has 2 fully saturated rings. The number of ether oxygens (including phenoxy) is 1. The molecule has 9 nitrogen and oxygen atoms in total. The Morgan fingerprint density at radius 3 is 2.32 bits per heavy atom. The fourth-order valence-corrected chi connectivity index (χ4v) is 6.52. The maximum absolute atomic E-state index is 13.7. The lowest BCUT2D eigenvalue weighted by molar-refractivity contribution is -0.137. The van der Waals surface area contributed by atoms with E-state index in [9.17, 15) is 33.1 Å². The summed E-state index contributed by atoms with van der Waals surface area (Å²) in [7, 11) is 0. The second-order valence-electron chi connectivity index (χ2n) is 11.8. The van der Waals surface area contributed by atoms with Gasteiger partial charge in [0, 0.05) is 36.9 Å². The summed E-state index contributed by atoms with van der Waals surface area (Å²) in [6.07, 6.45) is -5.10. The summed E-state index contributed by atoms with van der Waals surface area (Å²) in [6.45, 7) is 12.7. The van der Waals surface area contributed by atoms with Crippen molar-refractivity contribution in [3.8, 4) is 11.8 Å².